The van der Waals surface area contributed by atoms with Crippen LogP contribution < -0.4 is 10.1 Å². The maximum Gasteiger partial charge on any atom is 0.573 e. The van der Waals surface area contributed by atoms with Gasteiger partial charge in [-0.05, 0) is 29.3 Å². The first-order chi connectivity index (χ1) is 11.9. The molecule has 9 heteroatoms. The molecule has 0 aromatic heterocycles. The fourth-order valence-corrected chi connectivity index (χ4v) is 3.32. The fourth-order valence-electron chi connectivity index (χ4n) is 3.08. The third-order valence-corrected chi connectivity index (χ3v) is 4.49. The highest BCUT2D eigenvalue weighted by molar-refractivity contribution is 6.31. The Labute approximate surface area is 173 Å². The molecule has 2 aromatic rings. The summed E-state index contributed by atoms with van der Waals surface area (Å²) in [5, 5.41) is 3.94. The standard InChI is InChI=1S/C18H18ClF3N2O.2ClH/c19-16-4-2-1-3-15(16)17(24-11-9-23-10-12-24)13-5-7-14(8-6-13)25-18(20,21)22;;/h1-8,17,23H,9-12H2;2*1H/t17-;;/m1../s1. The minimum absolute atomic E-state index is 0. The van der Waals surface area contributed by atoms with Crippen molar-refractivity contribution in [3.05, 3.63) is 64.7 Å². The first-order valence-corrected chi connectivity index (χ1v) is 8.37. The first-order valence-electron chi connectivity index (χ1n) is 7.99. The third kappa shape index (κ3) is 6.43. The van der Waals surface area contributed by atoms with Crippen LogP contribution >= 0.6 is 36.4 Å². The second kappa shape index (κ2) is 10.4. The summed E-state index contributed by atoms with van der Waals surface area (Å²) >= 11 is 6.39. The SMILES string of the molecule is Cl.Cl.FC(F)(F)Oc1ccc([C@H](c2ccccc2Cl)N2CCNCC2)cc1. The van der Waals surface area contributed by atoms with E-state index in [0.717, 1.165) is 37.3 Å². The predicted octanol–water partition coefficient (Wildman–Crippen LogP) is 5.08. The minimum atomic E-state index is -4.69. The van der Waals surface area contributed by atoms with Crippen molar-refractivity contribution >= 4 is 36.4 Å². The van der Waals surface area contributed by atoms with E-state index < -0.39 is 6.36 Å². The molecule has 1 fully saturated rings. The largest absolute Gasteiger partial charge is 0.573 e. The second-order valence-electron chi connectivity index (χ2n) is 5.83. The third-order valence-electron chi connectivity index (χ3n) is 4.15. The lowest BCUT2D eigenvalue weighted by molar-refractivity contribution is -0.274. The number of nitrogens with one attached hydrogen (secondary N) is 1. The molecule has 2 aromatic carbocycles. The number of hydrogen-bond donors (Lipinski definition) is 1. The van der Waals surface area contributed by atoms with Crippen molar-refractivity contribution in [3.63, 3.8) is 0 Å². The van der Waals surface area contributed by atoms with Gasteiger partial charge in [0.15, 0.2) is 0 Å². The van der Waals surface area contributed by atoms with Crippen LogP contribution in [0.1, 0.15) is 17.2 Å². The average molecular weight is 444 g/mol. The number of nitrogens with zero attached hydrogens (tertiary/aromatic N) is 1. The lowest BCUT2D eigenvalue weighted by Crippen LogP contribution is -2.45. The summed E-state index contributed by atoms with van der Waals surface area (Å²) in [5.74, 6) is -0.227. The second-order valence-corrected chi connectivity index (χ2v) is 6.23. The van der Waals surface area contributed by atoms with Crippen LogP contribution in [0.25, 0.3) is 0 Å². The molecule has 0 unspecified atom stereocenters. The average Bonchev–Trinajstić information content (AvgIpc) is 2.58. The molecular weight excluding hydrogens is 424 g/mol. The predicted molar refractivity (Wildman–Crippen MR) is 105 cm³/mol. The lowest BCUT2D eigenvalue weighted by Gasteiger charge is -2.36. The summed E-state index contributed by atoms with van der Waals surface area (Å²) in [4.78, 5) is 2.28. The van der Waals surface area contributed by atoms with Crippen molar-refractivity contribution in [3.8, 4) is 5.75 Å². The molecule has 27 heavy (non-hydrogen) atoms. The van der Waals surface area contributed by atoms with Gasteiger partial charge < -0.3 is 10.1 Å². The van der Waals surface area contributed by atoms with Gasteiger partial charge in [-0.2, -0.15) is 0 Å². The Morgan fingerprint density at radius 2 is 1.56 bits per heavy atom. The molecule has 3 rings (SSSR count). The van der Waals surface area contributed by atoms with Crippen molar-refractivity contribution in [2.24, 2.45) is 0 Å². The van der Waals surface area contributed by atoms with Gasteiger partial charge in [-0.25, -0.2) is 0 Å². The number of hydrogen-bond acceptors (Lipinski definition) is 3. The molecule has 0 radical (unpaired) electrons. The van der Waals surface area contributed by atoms with E-state index in [1.165, 1.54) is 12.1 Å². The topological polar surface area (TPSA) is 24.5 Å². The number of piperazine rings is 1. The summed E-state index contributed by atoms with van der Waals surface area (Å²) in [7, 11) is 0. The van der Waals surface area contributed by atoms with Crippen LogP contribution in [0.3, 0.4) is 0 Å². The zero-order valence-electron chi connectivity index (χ0n) is 14.2. The number of alkyl halides is 3. The Kier molecular flexibility index (Phi) is 9.18. The first kappa shape index (κ1) is 23.9. The molecule has 1 N–H and O–H groups in total. The fraction of sp³-hybridized carbons (Fsp3) is 0.333. The molecule has 1 aliphatic heterocycles. The van der Waals surface area contributed by atoms with E-state index in [2.05, 4.69) is 15.0 Å². The van der Waals surface area contributed by atoms with Crippen LogP contribution in [0.15, 0.2) is 48.5 Å². The van der Waals surface area contributed by atoms with Crippen LogP contribution in [-0.2, 0) is 0 Å². The van der Waals surface area contributed by atoms with Crippen LogP contribution in [-0.4, -0.2) is 37.4 Å². The molecule has 1 saturated heterocycles. The zero-order valence-corrected chi connectivity index (χ0v) is 16.6. The molecule has 0 saturated carbocycles. The lowest BCUT2D eigenvalue weighted by atomic mass is 9.96. The highest BCUT2D eigenvalue weighted by Crippen LogP contribution is 2.34. The molecule has 1 atom stereocenters. The van der Waals surface area contributed by atoms with E-state index in [4.69, 9.17) is 11.6 Å². The van der Waals surface area contributed by atoms with Gasteiger partial charge in [0.05, 0.1) is 6.04 Å². The van der Waals surface area contributed by atoms with E-state index in [0.29, 0.717) is 5.02 Å². The summed E-state index contributed by atoms with van der Waals surface area (Å²) in [5.41, 5.74) is 1.82. The van der Waals surface area contributed by atoms with Gasteiger partial charge in [0.2, 0.25) is 0 Å². The van der Waals surface area contributed by atoms with E-state index in [-0.39, 0.29) is 36.6 Å². The van der Waals surface area contributed by atoms with E-state index in [9.17, 15) is 13.2 Å². The Bertz CT molecular complexity index is 708. The zero-order chi connectivity index (χ0) is 17.9. The maximum absolute atomic E-state index is 12.4. The smallest absolute Gasteiger partial charge is 0.406 e. The highest BCUT2D eigenvalue weighted by Gasteiger charge is 2.31. The summed E-state index contributed by atoms with van der Waals surface area (Å²) in [6.45, 7) is 3.37. The minimum Gasteiger partial charge on any atom is -0.406 e. The van der Waals surface area contributed by atoms with Gasteiger partial charge in [0.25, 0.3) is 0 Å². The van der Waals surface area contributed by atoms with Crippen molar-refractivity contribution in [2.45, 2.75) is 12.4 Å². The summed E-state index contributed by atoms with van der Waals surface area (Å²) in [6.07, 6.45) is -4.69. The Balaban J connectivity index is 0.00000182. The number of rotatable bonds is 4. The quantitative estimate of drug-likeness (QED) is 0.713. The van der Waals surface area contributed by atoms with Crippen LogP contribution in [0.4, 0.5) is 13.2 Å². The molecule has 1 heterocycles. The van der Waals surface area contributed by atoms with E-state index in [1.807, 2.05) is 24.3 Å². The van der Waals surface area contributed by atoms with Crippen molar-refractivity contribution in [1.82, 2.24) is 10.2 Å². The summed E-state index contributed by atoms with van der Waals surface area (Å²) < 4.78 is 41.0. The van der Waals surface area contributed by atoms with Crippen molar-refractivity contribution in [1.29, 1.82) is 0 Å². The van der Waals surface area contributed by atoms with E-state index in [1.54, 1.807) is 12.1 Å². The molecule has 0 amide bonds. The van der Waals surface area contributed by atoms with E-state index >= 15 is 0 Å². The van der Waals surface area contributed by atoms with Crippen LogP contribution in [0.2, 0.25) is 5.02 Å². The molecule has 0 spiro atoms. The van der Waals surface area contributed by atoms with Gasteiger partial charge >= 0.3 is 6.36 Å². The highest BCUT2D eigenvalue weighted by atomic mass is 35.5. The molecule has 1 aliphatic rings. The monoisotopic (exact) mass is 442 g/mol. The summed E-state index contributed by atoms with van der Waals surface area (Å²) in [6, 6.07) is 13.5. The van der Waals surface area contributed by atoms with Crippen molar-refractivity contribution in [2.75, 3.05) is 26.2 Å². The normalized spacial score (nSPS) is 16.0. The molecule has 3 nitrogen and oxygen atoms in total. The van der Waals surface area contributed by atoms with Gasteiger partial charge in [0.1, 0.15) is 5.75 Å². The van der Waals surface area contributed by atoms with Gasteiger partial charge in [-0.1, -0.05) is 41.9 Å². The van der Waals surface area contributed by atoms with Crippen LogP contribution in [0, 0.1) is 0 Å². The molecule has 0 aliphatic carbocycles. The Hall–Kier alpha value is -1.18. The molecular formula is C18H20Cl3F3N2O. The molecule has 0 bridgehead atoms. The van der Waals surface area contributed by atoms with Gasteiger partial charge in [-0.15, -0.1) is 38.0 Å². The maximum atomic E-state index is 12.4. The van der Waals surface area contributed by atoms with Gasteiger partial charge in [-0.3, -0.25) is 4.90 Å². The number of halogens is 6. The molecule has 150 valence electrons. The number of benzene rings is 2. The van der Waals surface area contributed by atoms with Crippen LogP contribution in [0.5, 0.6) is 5.75 Å². The Morgan fingerprint density at radius 1 is 0.963 bits per heavy atom. The van der Waals surface area contributed by atoms with Gasteiger partial charge in [0, 0.05) is 31.2 Å². The van der Waals surface area contributed by atoms with Crippen molar-refractivity contribution < 1.29 is 17.9 Å². The Morgan fingerprint density at radius 3 is 2.11 bits per heavy atom. The number of ether oxygens (including phenoxy) is 1.